The number of hydrogen-bond donors (Lipinski definition) is 1. The van der Waals surface area contributed by atoms with Gasteiger partial charge in [-0.15, -0.1) is 0 Å². The van der Waals surface area contributed by atoms with Gasteiger partial charge in [0.25, 0.3) is 0 Å². The van der Waals surface area contributed by atoms with Gasteiger partial charge in [-0.25, -0.2) is 0 Å². The third-order valence-electron chi connectivity index (χ3n) is 2.46. The van der Waals surface area contributed by atoms with E-state index in [9.17, 15) is 9.59 Å². The molecule has 0 fully saturated rings. The van der Waals surface area contributed by atoms with Crippen LogP contribution in [0.2, 0.25) is 0 Å². The Hall–Kier alpha value is -0.900. The Kier molecular flexibility index (Phi) is 9.72. The molecule has 0 radical (unpaired) electrons. The molecule has 0 aromatic rings. The fourth-order valence-corrected chi connectivity index (χ4v) is 1.22. The average Bonchev–Trinajstić information content (AvgIpc) is 2.28. The molecule has 0 unspecified atom stereocenters. The van der Waals surface area contributed by atoms with Crippen molar-refractivity contribution in [2.45, 2.75) is 46.5 Å². The van der Waals surface area contributed by atoms with E-state index in [0.717, 1.165) is 19.4 Å². The lowest BCUT2D eigenvalue weighted by molar-refractivity contribution is -0.123. The molecule has 0 aromatic heterocycles. The zero-order valence-electron chi connectivity index (χ0n) is 11.3. The molecular weight excluding hydrogens is 218 g/mol. The minimum atomic E-state index is 0.0219. The summed E-state index contributed by atoms with van der Waals surface area (Å²) in [6, 6.07) is 0. The van der Waals surface area contributed by atoms with Crippen molar-refractivity contribution < 1.29 is 14.3 Å². The number of unbranched alkanes of at least 4 members (excludes halogenated alkanes) is 1. The van der Waals surface area contributed by atoms with E-state index in [0.29, 0.717) is 26.1 Å². The SMILES string of the molecule is CCCCNC(=O)CCOCCC(=O)C(C)C. The lowest BCUT2D eigenvalue weighted by atomic mass is 10.1. The number of rotatable bonds is 10. The maximum atomic E-state index is 11.3. The second kappa shape index (κ2) is 10.3. The van der Waals surface area contributed by atoms with Gasteiger partial charge in [-0.1, -0.05) is 27.2 Å². The molecule has 0 saturated carbocycles. The van der Waals surface area contributed by atoms with Crippen LogP contribution in [-0.4, -0.2) is 31.4 Å². The van der Waals surface area contributed by atoms with E-state index in [1.807, 2.05) is 13.8 Å². The van der Waals surface area contributed by atoms with Gasteiger partial charge < -0.3 is 10.1 Å². The number of ketones is 1. The van der Waals surface area contributed by atoms with E-state index in [-0.39, 0.29) is 17.6 Å². The molecule has 4 heteroatoms. The number of amides is 1. The molecule has 1 N–H and O–H groups in total. The van der Waals surface area contributed by atoms with Crippen LogP contribution >= 0.6 is 0 Å². The summed E-state index contributed by atoms with van der Waals surface area (Å²) in [6.45, 7) is 7.39. The van der Waals surface area contributed by atoms with Crippen LogP contribution in [0.25, 0.3) is 0 Å². The predicted octanol–water partition coefficient (Wildman–Crippen LogP) is 1.92. The minimum absolute atomic E-state index is 0.0219. The van der Waals surface area contributed by atoms with Crippen molar-refractivity contribution in [3.8, 4) is 0 Å². The molecule has 0 atom stereocenters. The highest BCUT2D eigenvalue weighted by atomic mass is 16.5. The van der Waals surface area contributed by atoms with E-state index < -0.39 is 0 Å². The van der Waals surface area contributed by atoms with E-state index in [2.05, 4.69) is 12.2 Å². The molecule has 1 amide bonds. The summed E-state index contributed by atoms with van der Waals surface area (Å²) < 4.78 is 5.25. The van der Waals surface area contributed by atoms with Crippen LogP contribution in [0.5, 0.6) is 0 Å². The van der Waals surface area contributed by atoms with Gasteiger partial charge >= 0.3 is 0 Å². The molecule has 0 aliphatic heterocycles. The molecule has 0 aromatic carbocycles. The maximum Gasteiger partial charge on any atom is 0.222 e. The highest BCUT2D eigenvalue weighted by Crippen LogP contribution is 1.98. The lowest BCUT2D eigenvalue weighted by Crippen LogP contribution is -2.25. The fourth-order valence-electron chi connectivity index (χ4n) is 1.22. The number of carbonyl (C=O) groups is 2. The van der Waals surface area contributed by atoms with Crippen molar-refractivity contribution in [2.75, 3.05) is 19.8 Å². The second-order valence-corrected chi connectivity index (χ2v) is 4.44. The monoisotopic (exact) mass is 243 g/mol. The van der Waals surface area contributed by atoms with Crippen LogP contribution in [0, 0.1) is 5.92 Å². The zero-order valence-corrected chi connectivity index (χ0v) is 11.3. The first-order chi connectivity index (χ1) is 8.07. The minimum Gasteiger partial charge on any atom is -0.380 e. The van der Waals surface area contributed by atoms with Crippen molar-refractivity contribution in [1.82, 2.24) is 5.32 Å². The van der Waals surface area contributed by atoms with E-state index >= 15 is 0 Å². The Morgan fingerprint density at radius 1 is 1.18 bits per heavy atom. The predicted molar refractivity (Wildman–Crippen MR) is 67.8 cm³/mol. The molecule has 0 saturated heterocycles. The van der Waals surface area contributed by atoms with Crippen LogP contribution in [-0.2, 0) is 14.3 Å². The first-order valence-electron chi connectivity index (χ1n) is 6.45. The Bertz CT molecular complexity index is 227. The number of ether oxygens (including phenoxy) is 1. The van der Waals surface area contributed by atoms with Crippen molar-refractivity contribution in [1.29, 1.82) is 0 Å². The second-order valence-electron chi connectivity index (χ2n) is 4.44. The summed E-state index contributed by atoms with van der Waals surface area (Å²) in [7, 11) is 0. The molecule has 0 bridgehead atoms. The number of hydrogen-bond acceptors (Lipinski definition) is 3. The summed E-state index contributed by atoms with van der Waals surface area (Å²) in [5, 5.41) is 2.82. The molecule has 0 rings (SSSR count). The summed E-state index contributed by atoms with van der Waals surface area (Å²) >= 11 is 0. The van der Waals surface area contributed by atoms with Crippen LogP contribution in [0.15, 0.2) is 0 Å². The molecule has 0 aliphatic rings. The normalized spacial score (nSPS) is 10.6. The lowest BCUT2D eigenvalue weighted by Gasteiger charge is -2.06. The van der Waals surface area contributed by atoms with Crippen molar-refractivity contribution in [3.05, 3.63) is 0 Å². The van der Waals surface area contributed by atoms with Crippen LogP contribution in [0.3, 0.4) is 0 Å². The quantitative estimate of drug-likeness (QED) is 0.596. The highest BCUT2D eigenvalue weighted by molar-refractivity contribution is 5.80. The third-order valence-corrected chi connectivity index (χ3v) is 2.46. The van der Waals surface area contributed by atoms with Crippen LogP contribution < -0.4 is 5.32 Å². The molecule has 0 aliphatic carbocycles. The van der Waals surface area contributed by atoms with E-state index in [1.165, 1.54) is 0 Å². The van der Waals surface area contributed by atoms with Crippen molar-refractivity contribution >= 4 is 11.7 Å². The summed E-state index contributed by atoms with van der Waals surface area (Å²) in [4.78, 5) is 22.5. The van der Waals surface area contributed by atoms with Crippen LogP contribution in [0.1, 0.15) is 46.5 Å². The van der Waals surface area contributed by atoms with Gasteiger partial charge in [0.15, 0.2) is 0 Å². The Morgan fingerprint density at radius 2 is 1.82 bits per heavy atom. The summed E-state index contributed by atoms with van der Waals surface area (Å²) in [5.74, 6) is 0.293. The largest absolute Gasteiger partial charge is 0.380 e. The fraction of sp³-hybridized carbons (Fsp3) is 0.846. The third kappa shape index (κ3) is 10.00. The van der Waals surface area contributed by atoms with Gasteiger partial charge in [-0.2, -0.15) is 0 Å². The highest BCUT2D eigenvalue weighted by Gasteiger charge is 2.06. The molecule has 17 heavy (non-hydrogen) atoms. The van der Waals surface area contributed by atoms with Gasteiger partial charge in [-0.3, -0.25) is 9.59 Å². The van der Waals surface area contributed by atoms with Crippen LogP contribution in [0.4, 0.5) is 0 Å². The molecule has 0 heterocycles. The van der Waals surface area contributed by atoms with Gasteiger partial charge in [0.2, 0.25) is 5.91 Å². The van der Waals surface area contributed by atoms with Crippen molar-refractivity contribution in [2.24, 2.45) is 5.92 Å². The first-order valence-corrected chi connectivity index (χ1v) is 6.45. The first kappa shape index (κ1) is 16.1. The Morgan fingerprint density at radius 3 is 2.41 bits per heavy atom. The topological polar surface area (TPSA) is 55.4 Å². The summed E-state index contributed by atoms with van der Waals surface area (Å²) in [5.41, 5.74) is 0. The van der Waals surface area contributed by atoms with E-state index in [1.54, 1.807) is 0 Å². The van der Waals surface area contributed by atoms with Crippen molar-refractivity contribution in [3.63, 3.8) is 0 Å². The van der Waals surface area contributed by atoms with Gasteiger partial charge in [0.1, 0.15) is 5.78 Å². The smallest absolute Gasteiger partial charge is 0.222 e. The maximum absolute atomic E-state index is 11.3. The van der Waals surface area contributed by atoms with Gasteiger partial charge in [0.05, 0.1) is 13.2 Å². The number of Topliss-reactive ketones (excluding diaryl/α,β-unsaturated/α-hetero) is 1. The molecule has 100 valence electrons. The Balaban J connectivity index is 3.33. The zero-order chi connectivity index (χ0) is 13.1. The standard InChI is InChI=1S/C13H25NO3/c1-4-5-8-14-13(16)7-10-17-9-6-12(15)11(2)3/h11H,4-10H2,1-3H3,(H,14,16). The molecular formula is C13H25NO3. The molecule has 0 spiro atoms. The van der Waals surface area contributed by atoms with E-state index in [4.69, 9.17) is 4.74 Å². The number of carbonyl (C=O) groups excluding carboxylic acids is 2. The average molecular weight is 243 g/mol. The van der Waals surface area contributed by atoms with Gasteiger partial charge in [-0.05, 0) is 6.42 Å². The summed E-state index contributed by atoms with van der Waals surface area (Å²) in [6.07, 6.45) is 2.90. The number of nitrogens with one attached hydrogen (secondary N) is 1. The molecule has 4 nitrogen and oxygen atoms in total. The Labute approximate surface area is 104 Å². The van der Waals surface area contributed by atoms with Gasteiger partial charge in [0, 0.05) is 25.3 Å².